The summed E-state index contributed by atoms with van der Waals surface area (Å²) < 4.78 is 73.9. The van der Waals surface area contributed by atoms with E-state index in [0.29, 0.717) is 12.1 Å². The quantitative estimate of drug-likeness (QED) is 0.821. The van der Waals surface area contributed by atoms with Crippen molar-refractivity contribution in [2.45, 2.75) is 29.5 Å². The molecule has 1 aromatic rings. The first kappa shape index (κ1) is 15.7. The van der Waals surface area contributed by atoms with Gasteiger partial charge < -0.3 is 5.32 Å². The van der Waals surface area contributed by atoms with Crippen LogP contribution in [0.25, 0.3) is 0 Å². The van der Waals surface area contributed by atoms with Gasteiger partial charge in [0, 0.05) is 0 Å². The average molecular weight is 326 g/mol. The maximum absolute atomic E-state index is 13.5. The Kier molecular flexibility index (Phi) is 3.49. The van der Waals surface area contributed by atoms with Gasteiger partial charge in [-0.1, -0.05) is 0 Å². The number of hydrogen-bond acceptors (Lipinski definition) is 3. The van der Waals surface area contributed by atoms with E-state index >= 15 is 0 Å². The van der Waals surface area contributed by atoms with E-state index in [1.165, 1.54) is 0 Å². The highest BCUT2D eigenvalue weighted by Crippen LogP contribution is 2.49. The molecule has 0 radical (unpaired) electrons. The van der Waals surface area contributed by atoms with E-state index in [1.807, 2.05) is 0 Å². The van der Waals surface area contributed by atoms with Crippen molar-refractivity contribution in [1.29, 1.82) is 0 Å². The van der Waals surface area contributed by atoms with Gasteiger partial charge in [-0.05, 0) is 31.0 Å². The molecule has 21 heavy (non-hydrogen) atoms. The van der Waals surface area contributed by atoms with E-state index in [-0.39, 0.29) is 12.8 Å². The van der Waals surface area contributed by atoms with Crippen molar-refractivity contribution < 1.29 is 30.8 Å². The van der Waals surface area contributed by atoms with E-state index in [9.17, 15) is 30.8 Å². The van der Waals surface area contributed by atoms with Crippen molar-refractivity contribution in [2.24, 2.45) is 5.14 Å². The number of amides is 1. The molecule has 0 saturated heterocycles. The molecule has 0 atom stereocenters. The maximum atomic E-state index is 13.5. The number of carbonyl (C=O) groups is 1. The molecule has 1 fully saturated rings. The number of rotatable bonds is 3. The Morgan fingerprint density at radius 2 is 1.86 bits per heavy atom. The minimum Gasteiger partial charge on any atom is -0.338 e. The second kappa shape index (κ2) is 4.67. The number of benzene rings is 1. The summed E-state index contributed by atoms with van der Waals surface area (Å²) in [6, 6.07) is 2.08. The minimum atomic E-state index is -4.66. The molecule has 0 bridgehead atoms. The van der Waals surface area contributed by atoms with Crippen molar-refractivity contribution in [1.82, 2.24) is 5.32 Å². The molecule has 10 heteroatoms. The molecular formula is C11H10F4N2O3S. The Morgan fingerprint density at radius 1 is 1.29 bits per heavy atom. The van der Waals surface area contributed by atoms with Crippen LogP contribution >= 0.6 is 0 Å². The highest BCUT2D eigenvalue weighted by atomic mass is 32.2. The molecule has 0 aliphatic heterocycles. The number of carbonyl (C=O) groups excluding carboxylic acids is 1. The molecule has 1 aliphatic rings. The Bertz CT molecular complexity index is 696. The summed E-state index contributed by atoms with van der Waals surface area (Å²) in [5, 5.41) is 6.53. The Morgan fingerprint density at radius 3 is 2.29 bits per heavy atom. The lowest BCUT2D eigenvalue weighted by Gasteiger charge is -2.20. The van der Waals surface area contributed by atoms with Gasteiger partial charge in [0.05, 0.1) is 10.5 Å². The van der Waals surface area contributed by atoms with Crippen molar-refractivity contribution >= 4 is 15.9 Å². The third kappa shape index (κ3) is 3.00. The molecule has 0 aromatic heterocycles. The predicted octanol–water partition coefficient (Wildman–Crippen LogP) is 1.30. The fourth-order valence-electron chi connectivity index (χ4n) is 1.74. The summed E-state index contributed by atoms with van der Waals surface area (Å²) in [4.78, 5) is 11.2. The molecule has 1 saturated carbocycles. The van der Waals surface area contributed by atoms with Gasteiger partial charge in [-0.15, -0.1) is 0 Å². The third-order valence-corrected chi connectivity index (χ3v) is 4.07. The SMILES string of the molecule is NS(=O)(=O)c1ccc(F)c(C(=O)NC2(C(F)(F)F)CC2)c1. The van der Waals surface area contributed by atoms with Gasteiger partial charge in [0.15, 0.2) is 0 Å². The lowest BCUT2D eigenvalue weighted by molar-refractivity contribution is -0.163. The molecule has 5 nitrogen and oxygen atoms in total. The molecule has 1 aromatic carbocycles. The Balaban J connectivity index is 2.32. The van der Waals surface area contributed by atoms with E-state index in [0.717, 1.165) is 6.07 Å². The molecule has 0 spiro atoms. The minimum absolute atomic E-state index is 0.307. The molecule has 1 aliphatic carbocycles. The summed E-state index contributed by atoms with van der Waals surface area (Å²) in [7, 11) is -4.20. The standard InChI is InChI=1S/C11H10F4N2O3S/c12-8-2-1-6(21(16,19)20)5-7(8)9(18)17-10(3-4-10)11(13,14)15/h1-2,5H,3-4H2,(H,17,18)(H2,16,19,20). The summed E-state index contributed by atoms with van der Waals surface area (Å²) >= 11 is 0. The highest BCUT2D eigenvalue weighted by Gasteiger charge is 2.64. The van der Waals surface area contributed by atoms with Crippen molar-refractivity contribution in [3.63, 3.8) is 0 Å². The van der Waals surface area contributed by atoms with Crippen molar-refractivity contribution in [3.8, 4) is 0 Å². The zero-order valence-corrected chi connectivity index (χ0v) is 11.2. The lowest BCUT2D eigenvalue weighted by Crippen LogP contribution is -2.48. The van der Waals surface area contributed by atoms with Crippen LogP contribution in [0.15, 0.2) is 23.1 Å². The summed E-state index contributed by atoms with van der Waals surface area (Å²) in [5.41, 5.74) is -3.18. The smallest absolute Gasteiger partial charge is 0.338 e. The molecule has 1 amide bonds. The monoisotopic (exact) mass is 326 g/mol. The van der Waals surface area contributed by atoms with Gasteiger partial charge in [-0.2, -0.15) is 13.2 Å². The maximum Gasteiger partial charge on any atom is 0.411 e. The average Bonchev–Trinajstić information content (AvgIpc) is 3.08. The van der Waals surface area contributed by atoms with Crippen LogP contribution in [0.5, 0.6) is 0 Å². The second-order valence-corrected chi connectivity index (χ2v) is 6.28. The Labute approximate surface area is 117 Å². The van der Waals surface area contributed by atoms with Gasteiger partial charge >= 0.3 is 6.18 Å². The Hall–Kier alpha value is -1.68. The first-order chi connectivity index (χ1) is 9.46. The van der Waals surface area contributed by atoms with Crippen LogP contribution in [-0.4, -0.2) is 26.0 Å². The normalized spacial score (nSPS) is 17.4. The van der Waals surface area contributed by atoms with Crippen LogP contribution in [0, 0.1) is 5.82 Å². The topological polar surface area (TPSA) is 89.3 Å². The zero-order valence-electron chi connectivity index (χ0n) is 10.4. The molecule has 2 rings (SSSR count). The molecule has 116 valence electrons. The fourth-order valence-corrected chi connectivity index (χ4v) is 2.28. The molecule has 0 heterocycles. The van der Waals surface area contributed by atoms with Crippen LogP contribution in [0.1, 0.15) is 23.2 Å². The third-order valence-electron chi connectivity index (χ3n) is 3.16. The number of nitrogens with two attached hydrogens (primary N) is 1. The summed E-state index contributed by atoms with van der Waals surface area (Å²) in [6.45, 7) is 0. The predicted molar refractivity (Wildman–Crippen MR) is 63.3 cm³/mol. The number of halogens is 4. The van der Waals surface area contributed by atoms with E-state index in [4.69, 9.17) is 5.14 Å². The number of primary sulfonamides is 1. The van der Waals surface area contributed by atoms with Crippen LogP contribution in [0.2, 0.25) is 0 Å². The van der Waals surface area contributed by atoms with E-state index < -0.39 is 43.9 Å². The lowest BCUT2D eigenvalue weighted by atomic mass is 10.1. The van der Waals surface area contributed by atoms with Gasteiger partial charge in [0.1, 0.15) is 11.4 Å². The van der Waals surface area contributed by atoms with Crippen molar-refractivity contribution in [2.75, 3.05) is 0 Å². The van der Waals surface area contributed by atoms with Crippen LogP contribution in [-0.2, 0) is 10.0 Å². The molecule has 3 N–H and O–H groups in total. The van der Waals surface area contributed by atoms with Crippen molar-refractivity contribution in [3.05, 3.63) is 29.6 Å². The number of hydrogen-bond donors (Lipinski definition) is 2. The number of nitrogens with one attached hydrogen (secondary N) is 1. The van der Waals surface area contributed by atoms with Gasteiger partial charge in [0.2, 0.25) is 10.0 Å². The number of sulfonamides is 1. The van der Waals surface area contributed by atoms with Gasteiger partial charge in [-0.25, -0.2) is 17.9 Å². The first-order valence-corrected chi connectivity index (χ1v) is 7.22. The van der Waals surface area contributed by atoms with Crippen LogP contribution in [0.4, 0.5) is 17.6 Å². The largest absolute Gasteiger partial charge is 0.411 e. The zero-order chi connectivity index (χ0) is 16.1. The molecular weight excluding hydrogens is 316 g/mol. The van der Waals surface area contributed by atoms with Crippen LogP contribution in [0.3, 0.4) is 0 Å². The fraction of sp³-hybridized carbons (Fsp3) is 0.364. The number of alkyl halides is 3. The van der Waals surface area contributed by atoms with E-state index in [2.05, 4.69) is 0 Å². The second-order valence-electron chi connectivity index (χ2n) is 4.72. The first-order valence-electron chi connectivity index (χ1n) is 5.68. The highest BCUT2D eigenvalue weighted by molar-refractivity contribution is 7.89. The van der Waals surface area contributed by atoms with Gasteiger partial charge in [-0.3, -0.25) is 4.79 Å². The van der Waals surface area contributed by atoms with E-state index in [1.54, 1.807) is 5.32 Å². The molecule has 0 unspecified atom stereocenters. The summed E-state index contributed by atoms with van der Waals surface area (Å²) in [5.74, 6) is -2.48. The summed E-state index contributed by atoms with van der Waals surface area (Å²) in [6.07, 6.45) is -5.27. The van der Waals surface area contributed by atoms with Crippen LogP contribution < -0.4 is 10.5 Å². The van der Waals surface area contributed by atoms with Gasteiger partial charge in [0.25, 0.3) is 5.91 Å².